The zero-order chi connectivity index (χ0) is 27.2. The number of carbonyl (C=O) groups is 1. The topological polar surface area (TPSA) is 142 Å². The average Bonchev–Trinajstić information content (AvgIpc) is 3.39. The van der Waals surface area contributed by atoms with Gasteiger partial charge in [-0.3, -0.25) is 14.7 Å². The Hall–Kier alpha value is -4.31. The molecule has 198 valence electrons. The third-order valence-corrected chi connectivity index (χ3v) is 6.26. The fourth-order valence-corrected chi connectivity index (χ4v) is 4.23. The van der Waals surface area contributed by atoms with Crippen molar-refractivity contribution in [3.05, 3.63) is 74.9 Å². The SMILES string of the molecule is CCCCc1[nH]c(=O)c(-c2n[nH]c(CNC(=O)c3ccc(Cl)cc3)n2)c(O)c1-c1c(OC)cccc1OC. The van der Waals surface area contributed by atoms with Gasteiger partial charge in [-0.25, -0.2) is 4.98 Å². The first-order chi connectivity index (χ1) is 18.4. The number of ether oxygens (including phenoxy) is 2. The molecule has 0 bridgehead atoms. The van der Waals surface area contributed by atoms with Gasteiger partial charge in [0.2, 0.25) is 0 Å². The Morgan fingerprint density at radius 2 is 1.74 bits per heavy atom. The van der Waals surface area contributed by atoms with Gasteiger partial charge in [0.15, 0.2) is 5.82 Å². The lowest BCUT2D eigenvalue weighted by Crippen LogP contribution is -2.23. The van der Waals surface area contributed by atoms with Crippen molar-refractivity contribution in [1.82, 2.24) is 25.5 Å². The highest BCUT2D eigenvalue weighted by molar-refractivity contribution is 6.30. The second-order valence-electron chi connectivity index (χ2n) is 8.47. The number of rotatable bonds is 10. The van der Waals surface area contributed by atoms with Crippen molar-refractivity contribution in [2.45, 2.75) is 32.7 Å². The van der Waals surface area contributed by atoms with Crippen molar-refractivity contribution in [2.75, 3.05) is 14.2 Å². The molecule has 0 atom stereocenters. The van der Waals surface area contributed by atoms with Crippen molar-refractivity contribution in [3.63, 3.8) is 0 Å². The van der Waals surface area contributed by atoms with Crippen LogP contribution in [-0.2, 0) is 13.0 Å². The zero-order valence-corrected chi connectivity index (χ0v) is 22.0. The summed E-state index contributed by atoms with van der Waals surface area (Å²) in [5, 5.41) is 21.6. The van der Waals surface area contributed by atoms with E-state index in [4.69, 9.17) is 21.1 Å². The first-order valence-corrected chi connectivity index (χ1v) is 12.4. The van der Waals surface area contributed by atoms with E-state index in [1.807, 2.05) is 6.92 Å². The van der Waals surface area contributed by atoms with Crippen LogP contribution in [0.5, 0.6) is 17.2 Å². The van der Waals surface area contributed by atoms with E-state index in [9.17, 15) is 14.7 Å². The second-order valence-corrected chi connectivity index (χ2v) is 8.90. The second kappa shape index (κ2) is 11.8. The summed E-state index contributed by atoms with van der Waals surface area (Å²) in [6.45, 7) is 2.06. The molecular formula is C27H28ClN5O5. The van der Waals surface area contributed by atoms with E-state index < -0.39 is 5.56 Å². The van der Waals surface area contributed by atoms with Gasteiger partial charge in [-0.1, -0.05) is 31.0 Å². The fraction of sp³-hybridized carbons (Fsp3) is 0.259. The number of hydrogen-bond acceptors (Lipinski definition) is 7. The van der Waals surface area contributed by atoms with Crippen LogP contribution in [0.3, 0.4) is 0 Å². The summed E-state index contributed by atoms with van der Waals surface area (Å²) in [4.78, 5) is 32.8. The Kier molecular flexibility index (Phi) is 8.32. The minimum Gasteiger partial charge on any atom is -0.506 e. The maximum absolute atomic E-state index is 13.2. The Labute approximate surface area is 224 Å². The molecule has 0 unspecified atom stereocenters. The molecule has 10 nitrogen and oxygen atoms in total. The molecule has 0 aliphatic carbocycles. The largest absolute Gasteiger partial charge is 0.506 e. The van der Waals surface area contributed by atoms with Crippen LogP contribution in [-0.4, -0.2) is 45.4 Å². The maximum atomic E-state index is 13.2. The summed E-state index contributed by atoms with van der Waals surface area (Å²) in [6, 6.07) is 11.7. The standard InChI is InChI=1S/C27H28ClN5O5/c1-4-5-7-17-21(22-18(37-2)8-6-9-19(22)38-3)24(34)23(27(36)30-17)25-31-20(32-33-25)14-29-26(35)15-10-12-16(28)13-11-15/h6,8-13H,4-5,7,14H2,1-3H3,(H,29,35)(H2,30,34,36)(H,31,32,33). The Balaban J connectivity index is 1.73. The number of H-pyrrole nitrogens is 2. The predicted molar refractivity (Wildman–Crippen MR) is 144 cm³/mol. The molecule has 11 heteroatoms. The average molecular weight is 538 g/mol. The molecular weight excluding hydrogens is 510 g/mol. The number of pyridine rings is 1. The molecule has 0 aliphatic heterocycles. The number of methoxy groups -OCH3 is 2. The van der Waals surface area contributed by atoms with Gasteiger partial charge in [0.25, 0.3) is 11.5 Å². The Bertz CT molecular complexity index is 1470. The Morgan fingerprint density at radius 3 is 2.37 bits per heavy atom. The van der Waals surface area contributed by atoms with Crippen LogP contribution in [0.1, 0.15) is 41.6 Å². The van der Waals surface area contributed by atoms with Gasteiger partial charge >= 0.3 is 0 Å². The summed E-state index contributed by atoms with van der Waals surface area (Å²) in [6.07, 6.45) is 2.20. The molecule has 38 heavy (non-hydrogen) atoms. The number of amides is 1. The molecule has 0 spiro atoms. The van der Waals surface area contributed by atoms with Gasteiger partial charge in [-0.2, -0.15) is 5.10 Å². The third kappa shape index (κ3) is 5.50. The van der Waals surface area contributed by atoms with Crippen molar-refractivity contribution in [3.8, 4) is 39.8 Å². The molecule has 4 rings (SSSR count). The van der Waals surface area contributed by atoms with Crippen molar-refractivity contribution in [1.29, 1.82) is 0 Å². The number of halogens is 1. The van der Waals surface area contributed by atoms with Crippen LogP contribution in [0.25, 0.3) is 22.5 Å². The molecule has 2 heterocycles. The maximum Gasteiger partial charge on any atom is 0.263 e. The van der Waals surface area contributed by atoms with E-state index in [-0.39, 0.29) is 29.6 Å². The molecule has 0 aliphatic rings. The molecule has 0 radical (unpaired) electrons. The van der Waals surface area contributed by atoms with E-state index in [1.165, 1.54) is 14.2 Å². The molecule has 0 fully saturated rings. The summed E-state index contributed by atoms with van der Waals surface area (Å²) in [5.41, 5.74) is 1.21. The number of nitrogens with one attached hydrogen (secondary N) is 3. The number of aromatic amines is 2. The van der Waals surface area contributed by atoms with Crippen molar-refractivity contribution >= 4 is 17.5 Å². The summed E-state index contributed by atoms with van der Waals surface area (Å²) in [7, 11) is 3.04. The highest BCUT2D eigenvalue weighted by Gasteiger charge is 2.26. The third-order valence-electron chi connectivity index (χ3n) is 6.00. The number of unbranched alkanes of at least 4 members (excludes halogenated alkanes) is 1. The molecule has 4 aromatic rings. The molecule has 4 N–H and O–H groups in total. The summed E-state index contributed by atoms with van der Waals surface area (Å²) < 4.78 is 11.1. The minimum absolute atomic E-state index is 0.0170. The van der Waals surface area contributed by atoms with Crippen LogP contribution in [0.4, 0.5) is 0 Å². The van der Waals surface area contributed by atoms with Crippen LogP contribution in [0.15, 0.2) is 47.3 Å². The molecule has 2 aromatic carbocycles. The van der Waals surface area contributed by atoms with Crippen molar-refractivity contribution in [2.24, 2.45) is 0 Å². The summed E-state index contributed by atoms with van der Waals surface area (Å²) in [5.74, 6) is 0.598. The first-order valence-electron chi connectivity index (χ1n) is 12.0. The predicted octanol–water partition coefficient (Wildman–Crippen LogP) is 4.48. The van der Waals surface area contributed by atoms with Gasteiger partial charge in [0.1, 0.15) is 28.6 Å². The lowest BCUT2D eigenvalue weighted by molar-refractivity contribution is 0.0950. The van der Waals surface area contributed by atoms with E-state index in [2.05, 4.69) is 25.5 Å². The van der Waals surface area contributed by atoms with E-state index in [0.717, 1.165) is 12.8 Å². The van der Waals surface area contributed by atoms with Gasteiger partial charge in [-0.05, 0) is 49.2 Å². The smallest absolute Gasteiger partial charge is 0.263 e. The van der Waals surface area contributed by atoms with E-state index in [1.54, 1.807) is 42.5 Å². The van der Waals surface area contributed by atoms with Gasteiger partial charge < -0.3 is 24.9 Å². The van der Waals surface area contributed by atoms with E-state index in [0.29, 0.717) is 51.2 Å². The molecule has 1 amide bonds. The van der Waals surface area contributed by atoms with Crippen LogP contribution >= 0.6 is 11.6 Å². The zero-order valence-electron chi connectivity index (χ0n) is 21.2. The van der Waals surface area contributed by atoms with Gasteiger partial charge in [0, 0.05) is 16.3 Å². The lowest BCUT2D eigenvalue weighted by atomic mass is 9.95. The highest BCUT2D eigenvalue weighted by atomic mass is 35.5. The highest BCUT2D eigenvalue weighted by Crippen LogP contribution is 2.46. The number of aryl methyl sites for hydroxylation is 1. The molecule has 2 aromatic heterocycles. The lowest BCUT2D eigenvalue weighted by Gasteiger charge is -2.18. The Morgan fingerprint density at radius 1 is 1.05 bits per heavy atom. The molecule has 0 saturated carbocycles. The van der Waals surface area contributed by atoms with E-state index >= 15 is 0 Å². The normalized spacial score (nSPS) is 10.8. The van der Waals surface area contributed by atoms with Crippen LogP contribution in [0.2, 0.25) is 5.02 Å². The monoisotopic (exact) mass is 537 g/mol. The van der Waals surface area contributed by atoms with Crippen molar-refractivity contribution < 1.29 is 19.4 Å². The number of carbonyl (C=O) groups excluding carboxylic acids is 1. The van der Waals surface area contributed by atoms with Crippen LogP contribution < -0.4 is 20.3 Å². The minimum atomic E-state index is -0.540. The van der Waals surface area contributed by atoms with Crippen LogP contribution in [0, 0.1) is 0 Å². The van der Waals surface area contributed by atoms with Gasteiger partial charge in [0.05, 0.1) is 31.9 Å². The number of nitrogens with zero attached hydrogens (tertiary/aromatic N) is 2. The fourth-order valence-electron chi connectivity index (χ4n) is 4.11. The quantitative estimate of drug-likeness (QED) is 0.234. The number of aromatic nitrogens is 4. The number of benzene rings is 2. The first kappa shape index (κ1) is 26.7. The number of hydrogen-bond donors (Lipinski definition) is 4. The van der Waals surface area contributed by atoms with Gasteiger partial charge in [-0.15, -0.1) is 0 Å². The number of aromatic hydroxyl groups is 1. The molecule has 0 saturated heterocycles. The summed E-state index contributed by atoms with van der Waals surface area (Å²) >= 11 is 5.88.